The maximum Gasteiger partial charge on any atom is 0.222 e. The number of likely N-dealkylation sites (tertiary alicyclic amines) is 1. The first kappa shape index (κ1) is 26.7. The van der Waals surface area contributed by atoms with Gasteiger partial charge in [-0.3, -0.25) is 4.79 Å². The lowest BCUT2D eigenvalue weighted by atomic mass is 9.99. The summed E-state index contributed by atoms with van der Waals surface area (Å²) in [5, 5.41) is 6.71. The van der Waals surface area contributed by atoms with E-state index in [9.17, 15) is 4.79 Å². The number of amides is 1. The minimum Gasteiger partial charge on any atom is -0.357 e. The van der Waals surface area contributed by atoms with Gasteiger partial charge in [0.25, 0.3) is 0 Å². The monoisotopic (exact) mass is 556 g/mol. The Morgan fingerprint density at radius 3 is 2.69 bits per heavy atom. The predicted molar refractivity (Wildman–Crippen MR) is 143 cm³/mol. The number of carbonyl (C=O) groups is 1. The Hall–Kier alpha value is -1.58. The lowest BCUT2D eigenvalue weighted by Crippen LogP contribution is -2.39. The zero-order valence-electron chi connectivity index (χ0n) is 19.8. The number of aliphatic imine (C=N–C) groups is 1. The van der Waals surface area contributed by atoms with Crippen molar-refractivity contribution in [2.24, 2.45) is 10.9 Å². The van der Waals surface area contributed by atoms with Crippen molar-refractivity contribution < 1.29 is 4.79 Å². The van der Waals surface area contributed by atoms with Gasteiger partial charge in [0.15, 0.2) is 5.96 Å². The van der Waals surface area contributed by atoms with Gasteiger partial charge in [0.1, 0.15) is 5.82 Å². The molecule has 0 radical (unpaired) electrons. The quantitative estimate of drug-likeness (QED) is 0.221. The van der Waals surface area contributed by atoms with Crippen LogP contribution < -0.4 is 15.5 Å². The highest BCUT2D eigenvalue weighted by atomic mass is 127. The molecule has 0 unspecified atom stereocenters. The number of carbonyl (C=O) groups excluding carboxylic acids is 1. The Morgan fingerprint density at radius 1 is 1.16 bits per heavy atom. The van der Waals surface area contributed by atoms with Crippen molar-refractivity contribution in [3.8, 4) is 0 Å². The second kappa shape index (κ2) is 14.5. The summed E-state index contributed by atoms with van der Waals surface area (Å²) in [6.45, 7) is 10.6. The van der Waals surface area contributed by atoms with E-state index in [4.69, 9.17) is 4.99 Å². The summed E-state index contributed by atoms with van der Waals surface area (Å²) in [7, 11) is 0. The number of halogens is 1. The van der Waals surface area contributed by atoms with Crippen molar-refractivity contribution in [3.05, 3.63) is 23.9 Å². The van der Waals surface area contributed by atoms with E-state index in [0.29, 0.717) is 18.9 Å². The van der Waals surface area contributed by atoms with Gasteiger partial charge in [-0.1, -0.05) is 19.4 Å². The number of pyridine rings is 1. The molecule has 2 saturated heterocycles. The highest BCUT2D eigenvalue weighted by molar-refractivity contribution is 14.0. The third kappa shape index (κ3) is 8.75. The van der Waals surface area contributed by atoms with Gasteiger partial charge < -0.3 is 20.4 Å². The minimum atomic E-state index is 0. The molecule has 3 heterocycles. The Bertz CT molecular complexity index is 703. The molecule has 2 aliphatic heterocycles. The maximum absolute atomic E-state index is 12.1. The van der Waals surface area contributed by atoms with Crippen molar-refractivity contribution in [2.75, 3.05) is 44.2 Å². The number of guanidine groups is 1. The lowest BCUT2D eigenvalue weighted by Gasteiger charge is -2.31. The molecular formula is C24H41IN6O. The van der Waals surface area contributed by atoms with E-state index in [1.165, 1.54) is 19.3 Å². The van der Waals surface area contributed by atoms with Crippen LogP contribution in [0.2, 0.25) is 0 Å². The van der Waals surface area contributed by atoms with Crippen LogP contribution in [0.15, 0.2) is 23.3 Å². The summed E-state index contributed by atoms with van der Waals surface area (Å²) in [6, 6.07) is 4.26. The first-order valence-electron chi connectivity index (χ1n) is 12.2. The molecule has 1 amide bonds. The molecule has 32 heavy (non-hydrogen) atoms. The Morgan fingerprint density at radius 2 is 1.97 bits per heavy atom. The van der Waals surface area contributed by atoms with E-state index in [-0.39, 0.29) is 24.0 Å². The molecule has 8 heteroatoms. The van der Waals surface area contributed by atoms with Gasteiger partial charge in [-0.15, -0.1) is 24.0 Å². The zero-order valence-corrected chi connectivity index (χ0v) is 22.1. The van der Waals surface area contributed by atoms with Crippen LogP contribution >= 0.6 is 24.0 Å². The molecule has 0 atom stereocenters. The van der Waals surface area contributed by atoms with Crippen LogP contribution in [0.3, 0.4) is 0 Å². The summed E-state index contributed by atoms with van der Waals surface area (Å²) >= 11 is 0. The fourth-order valence-electron chi connectivity index (χ4n) is 4.20. The standard InChI is InChI=1S/C24H40N6O.HI/c1-3-25-24(26-13-7-15-30-14-6-4-5-8-23(30)31)28-19-21-9-10-22(27-18-21)29-16-11-20(2)12-17-29;/h9-10,18,20H,3-8,11-17,19H2,1-2H3,(H2,25,26,28);1H. The first-order chi connectivity index (χ1) is 15.2. The Labute approximate surface area is 210 Å². The van der Waals surface area contributed by atoms with Crippen LogP contribution in [0.1, 0.15) is 64.4 Å². The maximum atomic E-state index is 12.1. The number of hydrogen-bond acceptors (Lipinski definition) is 4. The van der Waals surface area contributed by atoms with E-state index < -0.39 is 0 Å². The molecule has 0 saturated carbocycles. The predicted octanol–water partition coefficient (Wildman–Crippen LogP) is 3.78. The molecule has 1 aromatic rings. The molecule has 3 rings (SSSR count). The summed E-state index contributed by atoms with van der Waals surface area (Å²) in [5.41, 5.74) is 1.11. The molecule has 2 fully saturated rings. The summed E-state index contributed by atoms with van der Waals surface area (Å²) in [5.74, 6) is 3.03. The van der Waals surface area contributed by atoms with Gasteiger partial charge in [0, 0.05) is 51.9 Å². The average Bonchev–Trinajstić information content (AvgIpc) is 3.00. The van der Waals surface area contributed by atoms with Crippen molar-refractivity contribution in [1.82, 2.24) is 20.5 Å². The topological polar surface area (TPSA) is 72.9 Å². The molecule has 2 aliphatic rings. The molecule has 7 nitrogen and oxygen atoms in total. The van der Waals surface area contributed by atoms with E-state index >= 15 is 0 Å². The van der Waals surface area contributed by atoms with E-state index in [2.05, 4.69) is 46.5 Å². The summed E-state index contributed by atoms with van der Waals surface area (Å²) < 4.78 is 0. The van der Waals surface area contributed by atoms with Gasteiger partial charge in [0.05, 0.1) is 6.54 Å². The van der Waals surface area contributed by atoms with Gasteiger partial charge in [-0.25, -0.2) is 9.98 Å². The largest absolute Gasteiger partial charge is 0.357 e. The molecule has 180 valence electrons. The summed E-state index contributed by atoms with van der Waals surface area (Å²) in [6.07, 6.45) is 9.43. The Balaban J connectivity index is 0.00000363. The van der Waals surface area contributed by atoms with Crippen molar-refractivity contribution in [1.29, 1.82) is 0 Å². The molecule has 0 aliphatic carbocycles. The van der Waals surface area contributed by atoms with E-state index in [0.717, 1.165) is 81.8 Å². The number of nitrogens with zero attached hydrogens (tertiary/aromatic N) is 4. The zero-order chi connectivity index (χ0) is 21.9. The number of anilines is 1. The molecule has 0 aromatic carbocycles. The minimum absolute atomic E-state index is 0. The second-order valence-corrected chi connectivity index (χ2v) is 8.86. The van der Waals surface area contributed by atoms with Crippen LogP contribution in [0.25, 0.3) is 0 Å². The van der Waals surface area contributed by atoms with Crippen LogP contribution in [0, 0.1) is 5.92 Å². The van der Waals surface area contributed by atoms with Crippen LogP contribution in [0.5, 0.6) is 0 Å². The fourth-order valence-corrected chi connectivity index (χ4v) is 4.20. The lowest BCUT2D eigenvalue weighted by molar-refractivity contribution is -0.130. The number of rotatable bonds is 8. The first-order valence-corrected chi connectivity index (χ1v) is 12.2. The number of piperidine rings is 1. The molecule has 0 spiro atoms. The fraction of sp³-hybridized carbons (Fsp3) is 0.708. The average molecular weight is 557 g/mol. The number of nitrogens with one attached hydrogen (secondary N) is 2. The van der Waals surface area contributed by atoms with E-state index in [1.54, 1.807) is 0 Å². The number of aromatic nitrogens is 1. The molecular weight excluding hydrogens is 515 g/mol. The Kier molecular flexibility index (Phi) is 12.1. The smallest absolute Gasteiger partial charge is 0.222 e. The van der Waals surface area contributed by atoms with Crippen LogP contribution in [-0.4, -0.2) is 61.0 Å². The highest BCUT2D eigenvalue weighted by Crippen LogP contribution is 2.21. The normalized spacial score (nSPS) is 18.2. The summed E-state index contributed by atoms with van der Waals surface area (Å²) in [4.78, 5) is 25.9. The van der Waals surface area contributed by atoms with Crippen molar-refractivity contribution >= 4 is 41.7 Å². The molecule has 1 aromatic heterocycles. The van der Waals surface area contributed by atoms with Crippen LogP contribution in [0.4, 0.5) is 5.82 Å². The van der Waals surface area contributed by atoms with Gasteiger partial charge in [-0.05, 0) is 56.6 Å². The highest BCUT2D eigenvalue weighted by Gasteiger charge is 2.17. The number of hydrogen-bond donors (Lipinski definition) is 2. The van der Waals surface area contributed by atoms with Crippen molar-refractivity contribution in [3.63, 3.8) is 0 Å². The SMILES string of the molecule is CCNC(=NCc1ccc(N2CCC(C)CC2)nc1)NCCCN1CCCCCC1=O.I. The van der Waals surface area contributed by atoms with Gasteiger partial charge in [-0.2, -0.15) is 0 Å². The van der Waals surface area contributed by atoms with Gasteiger partial charge >= 0.3 is 0 Å². The van der Waals surface area contributed by atoms with E-state index in [1.807, 2.05) is 11.1 Å². The molecule has 0 bridgehead atoms. The third-order valence-electron chi connectivity index (χ3n) is 6.25. The van der Waals surface area contributed by atoms with Crippen LogP contribution in [-0.2, 0) is 11.3 Å². The molecule has 2 N–H and O–H groups in total. The van der Waals surface area contributed by atoms with Gasteiger partial charge in [0.2, 0.25) is 5.91 Å². The third-order valence-corrected chi connectivity index (χ3v) is 6.25. The second-order valence-electron chi connectivity index (χ2n) is 8.86. The van der Waals surface area contributed by atoms with Crippen molar-refractivity contribution in [2.45, 2.75) is 65.3 Å².